The van der Waals surface area contributed by atoms with Gasteiger partial charge in [-0.1, -0.05) is 30.3 Å². The van der Waals surface area contributed by atoms with Crippen molar-refractivity contribution in [3.63, 3.8) is 0 Å². The molecule has 1 aromatic carbocycles. The van der Waals surface area contributed by atoms with E-state index in [0.717, 1.165) is 0 Å². The van der Waals surface area contributed by atoms with Crippen LogP contribution >= 0.6 is 0 Å². The summed E-state index contributed by atoms with van der Waals surface area (Å²) in [5.41, 5.74) is 0.528. The molecule has 1 rings (SSSR count). The fraction of sp³-hybridized carbons (Fsp3) is 0.278. The van der Waals surface area contributed by atoms with Gasteiger partial charge in [-0.05, 0) is 13.8 Å². The molecule has 0 spiro atoms. The molecule has 0 aliphatic heterocycles. The normalized spacial score (nSPS) is 12.8. The van der Waals surface area contributed by atoms with Gasteiger partial charge in [0.25, 0.3) is 0 Å². The van der Waals surface area contributed by atoms with Crippen LogP contribution in [0.3, 0.4) is 0 Å². The van der Waals surface area contributed by atoms with Gasteiger partial charge in [-0.15, -0.1) is 0 Å². The largest absolute Gasteiger partial charge is 0.507 e. The van der Waals surface area contributed by atoms with Crippen molar-refractivity contribution in [2.45, 2.75) is 13.8 Å². The van der Waals surface area contributed by atoms with Gasteiger partial charge in [-0.2, -0.15) is 0 Å². The molecule has 0 amide bonds. The Balaban J connectivity index is 3.25. The highest BCUT2D eigenvalue weighted by Crippen LogP contribution is 2.16. The van der Waals surface area contributed by atoms with E-state index in [9.17, 15) is 14.7 Å². The summed E-state index contributed by atoms with van der Waals surface area (Å²) in [5.74, 6) is -1.17. The molecular formula is C18H22N2O4. The number of hydrogen-bond acceptors (Lipinski definition) is 6. The molecule has 0 bridgehead atoms. The number of carbonyl (C=O) groups is 2. The van der Waals surface area contributed by atoms with Crippen LogP contribution in [0.25, 0.3) is 5.76 Å². The number of allylic oxidation sites excluding steroid dienone is 1. The van der Waals surface area contributed by atoms with Gasteiger partial charge >= 0.3 is 5.97 Å². The van der Waals surface area contributed by atoms with Crippen molar-refractivity contribution < 1.29 is 19.4 Å². The Hall–Kier alpha value is -2.89. The van der Waals surface area contributed by atoms with E-state index in [4.69, 9.17) is 4.74 Å². The number of aliphatic hydroxyl groups is 1. The molecule has 0 saturated heterocycles. The summed E-state index contributed by atoms with van der Waals surface area (Å²) >= 11 is 0. The summed E-state index contributed by atoms with van der Waals surface area (Å²) in [4.78, 5) is 29.4. The van der Waals surface area contributed by atoms with Crippen molar-refractivity contribution >= 4 is 23.7 Å². The summed E-state index contributed by atoms with van der Waals surface area (Å²) in [6.07, 6.45) is 2.66. The highest BCUT2D eigenvalue weighted by molar-refractivity contribution is 6.17. The first-order valence-corrected chi connectivity index (χ1v) is 7.45. The minimum atomic E-state index is -0.607. The van der Waals surface area contributed by atoms with Crippen LogP contribution in [-0.4, -0.2) is 48.7 Å². The van der Waals surface area contributed by atoms with Gasteiger partial charge in [0, 0.05) is 32.1 Å². The van der Waals surface area contributed by atoms with Gasteiger partial charge in [-0.25, -0.2) is 9.79 Å². The highest BCUT2D eigenvalue weighted by atomic mass is 16.5. The third kappa shape index (κ3) is 5.72. The van der Waals surface area contributed by atoms with Crippen LogP contribution in [0.15, 0.2) is 52.8 Å². The first-order chi connectivity index (χ1) is 11.4. The van der Waals surface area contributed by atoms with E-state index in [1.807, 2.05) is 0 Å². The van der Waals surface area contributed by atoms with Gasteiger partial charge in [0.05, 0.1) is 12.2 Å². The maximum Gasteiger partial charge on any atom is 0.358 e. The Labute approximate surface area is 141 Å². The lowest BCUT2D eigenvalue weighted by atomic mass is 10.1. The van der Waals surface area contributed by atoms with E-state index in [0.29, 0.717) is 5.56 Å². The summed E-state index contributed by atoms with van der Waals surface area (Å²) in [7, 11) is 3.47. The Bertz CT molecular complexity index is 674. The molecule has 0 radical (unpaired) electrons. The molecule has 1 aromatic rings. The second-order valence-corrected chi connectivity index (χ2v) is 5.14. The van der Waals surface area contributed by atoms with Gasteiger partial charge < -0.3 is 14.7 Å². The number of ether oxygens (including phenoxy) is 1. The van der Waals surface area contributed by atoms with Crippen LogP contribution in [-0.2, 0) is 14.3 Å². The Morgan fingerprint density at radius 1 is 1.25 bits per heavy atom. The molecule has 0 fully saturated rings. The molecule has 6 heteroatoms. The van der Waals surface area contributed by atoms with E-state index in [1.165, 1.54) is 19.3 Å². The number of esters is 1. The molecule has 128 valence electrons. The van der Waals surface area contributed by atoms with Crippen molar-refractivity contribution in [3.8, 4) is 0 Å². The number of nitrogens with zero attached hydrogens (tertiary/aromatic N) is 2. The second-order valence-electron chi connectivity index (χ2n) is 5.14. The molecule has 0 atom stereocenters. The second kappa shape index (κ2) is 9.29. The first-order valence-electron chi connectivity index (χ1n) is 7.45. The lowest BCUT2D eigenvalue weighted by molar-refractivity contribution is -0.138. The van der Waals surface area contributed by atoms with Crippen molar-refractivity contribution in [1.82, 2.24) is 4.90 Å². The molecule has 0 saturated carbocycles. The van der Waals surface area contributed by atoms with Crippen LogP contribution in [0.1, 0.15) is 19.4 Å². The van der Waals surface area contributed by atoms with Gasteiger partial charge in [0.2, 0.25) is 0 Å². The predicted molar refractivity (Wildman–Crippen MR) is 93.6 cm³/mol. The maximum atomic E-state index is 11.9. The van der Waals surface area contributed by atoms with Gasteiger partial charge in [-0.3, -0.25) is 4.79 Å². The van der Waals surface area contributed by atoms with Crippen molar-refractivity contribution in [1.29, 1.82) is 0 Å². The highest BCUT2D eigenvalue weighted by Gasteiger charge is 2.13. The van der Waals surface area contributed by atoms with Crippen molar-refractivity contribution in [2.24, 2.45) is 4.99 Å². The number of Topliss-reactive ketones (excluding diaryl/α,β-unsaturated/α-hetero) is 1. The zero-order valence-corrected chi connectivity index (χ0v) is 14.3. The maximum absolute atomic E-state index is 11.9. The molecular weight excluding hydrogens is 308 g/mol. The number of aliphatic imine (C=N–C) groups is 1. The van der Waals surface area contributed by atoms with Crippen LogP contribution in [0.5, 0.6) is 0 Å². The Morgan fingerprint density at radius 3 is 2.38 bits per heavy atom. The molecule has 0 aliphatic rings. The fourth-order valence-corrected chi connectivity index (χ4v) is 1.79. The molecule has 0 unspecified atom stereocenters. The molecule has 24 heavy (non-hydrogen) atoms. The zero-order valence-electron chi connectivity index (χ0n) is 14.3. The smallest absolute Gasteiger partial charge is 0.358 e. The quantitative estimate of drug-likeness (QED) is 0.360. The number of hydrogen-bond donors (Lipinski definition) is 1. The molecule has 0 aliphatic carbocycles. The van der Waals surface area contributed by atoms with Gasteiger partial charge in [0.1, 0.15) is 5.76 Å². The predicted octanol–water partition coefficient (Wildman–Crippen LogP) is 2.58. The first kappa shape index (κ1) is 19.2. The molecule has 6 nitrogen and oxygen atoms in total. The average molecular weight is 330 g/mol. The summed E-state index contributed by atoms with van der Waals surface area (Å²) in [6.45, 7) is 3.22. The van der Waals surface area contributed by atoms with Crippen LogP contribution in [0, 0.1) is 0 Å². The molecule has 1 N–H and O–H groups in total. The van der Waals surface area contributed by atoms with E-state index >= 15 is 0 Å². The van der Waals surface area contributed by atoms with E-state index in [-0.39, 0.29) is 29.4 Å². The van der Waals surface area contributed by atoms with E-state index in [1.54, 1.807) is 56.3 Å². The lowest BCUT2D eigenvalue weighted by Crippen LogP contribution is -2.12. The number of benzene rings is 1. The van der Waals surface area contributed by atoms with E-state index in [2.05, 4.69) is 4.99 Å². The number of carbonyl (C=O) groups excluding carboxylic acids is 2. The SMILES string of the molecule is CCOC(=O)C(=C/N(C)C)/N=C/C(C(C)=O)=C(/O)c1ccccc1. The lowest BCUT2D eigenvalue weighted by Gasteiger charge is -2.08. The number of rotatable bonds is 7. The molecule has 0 aromatic heterocycles. The van der Waals surface area contributed by atoms with Crippen molar-refractivity contribution in [3.05, 3.63) is 53.4 Å². The number of ketones is 1. The standard InChI is InChI=1S/C18H22N2O4/c1-5-24-18(23)16(12-20(3)4)19-11-15(13(2)21)17(22)14-9-7-6-8-10-14/h6-12,22H,5H2,1-4H3/b16-12-,17-15-,19-11+. The Morgan fingerprint density at radius 2 is 1.88 bits per heavy atom. The summed E-state index contributed by atoms with van der Waals surface area (Å²) < 4.78 is 4.93. The third-order valence-electron chi connectivity index (χ3n) is 2.88. The summed E-state index contributed by atoms with van der Waals surface area (Å²) in [6, 6.07) is 8.64. The van der Waals surface area contributed by atoms with Crippen molar-refractivity contribution in [2.75, 3.05) is 20.7 Å². The Kier molecular flexibility index (Phi) is 7.42. The number of aliphatic hydroxyl groups excluding tert-OH is 1. The minimum absolute atomic E-state index is 0.00940. The third-order valence-corrected chi connectivity index (χ3v) is 2.88. The van der Waals surface area contributed by atoms with Gasteiger partial charge in [0.15, 0.2) is 11.5 Å². The summed E-state index contributed by atoms with van der Waals surface area (Å²) in [5, 5.41) is 10.3. The fourth-order valence-electron chi connectivity index (χ4n) is 1.79. The zero-order chi connectivity index (χ0) is 18.1. The van der Waals surface area contributed by atoms with Crippen LogP contribution in [0.2, 0.25) is 0 Å². The van der Waals surface area contributed by atoms with Crippen LogP contribution in [0.4, 0.5) is 0 Å². The molecule has 0 heterocycles. The minimum Gasteiger partial charge on any atom is -0.507 e. The topological polar surface area (TPSA) is 79.2 Å². The monoisotopic (exact) mass is 330 g/mol. The van der Waals surface area contributed by atoms with E-state index < -0.39 is 5.97 Å². The average Bonchev–Trinajstić information content (AvgIpc) is 2.54. The van der Waals surface area contributed by atoms with Crippen LogP contribution < -0.4 is 0 Å².